The van der Waals surface area contributed by atoms with Crippen LogP contribution in [0.4, 0.5) is 4.39 Å². The Balaban J connectivity index is 2.89. The van der Waals surface area contributed by atoms with E-state index in [1.54, 1.807) is 0 Å². The number of hydrogen-bond donors (Lipinski definition) is 1. The molecule has 14 heavy (non-hydrogen) atoms. The van der Waals surface area contributed by atoms with Crippen molar-refractivity contribution >= 4 is 11.6 Å². The Hall–Kier alpha value is -1.29. The van der Waals surface area contributed by atoms with Gasteiger partial charge >= 0.3 is 0 Å². The standard InChI is InChI=1S/C8H7ClFN3O/c9-7-3-5(10)1-2-6(7)8(14)4-12-13-11/h1-3,8,14H,4H2/t8-/m1/s1. The summed E-state index contributed by atoms with van der Waals surface area (Å²) in [5, 5.41) is 12.8. The summed E-state index contributed by atoms with van der Waals surface area (Å²) in [5.41, 5.74) is 8.38. The van der Waals surface area contributed by atoms with Crippen LogP contribution in [0.15, 0.2) is 23.3 Å². The highest BCUT2D eigenvalue weighted by Crippen LogP contribution is 2.23. The molecule has 0 amide bonds. The molecule has 74 valence electrons. The van der Waals surface area contributed by atoms with Gasteiger partial charge in [-0.25, -0.2) is 4.39 Å². The van der Waals surface area contributed by atoms with Crippen LogP contribution in [0.25, 0.3) is 10.4 Å². The van der Waals surface area contributed by atoms with Crippen molar-refractivity contribution in [1.29, 1.82) is 0 Å². The topological polar surface area (TPSA) is 69.0 Å². The van der Waals surface area contributed by atoms with Gasteiger partial charge in [-0.3, -0.25) is 0 Å². The lowest BCUT2D eigenvalue weighted by molar-refractivity contribution is 0.187. The molecule has 1 N–H and O–H groups in total. The van der Waals surface area contributed by atoms with Crippen LogP contribution in [-0.4, -0.2) is 11.7 Å². The first-order chi connectivity index (χ1) is 6.65. The maximum Gasteiger partial charge on any atom is 0.124 e. The predicted molar refractivity (Wildman–Crippen MR) is 50.4 cm³/mol. The molecule has 0 aromatic heterocycles. The van der Waals surface area contributed by atoms with Crippen LogP contribution in [-0.2, 0) is 0 Å². The van der Waals surface area contributed by atoms with Gasteiger partial charge in [-0.15, -0.1) is 0 Å². The number of aliphatic hydroxyl groups excluding tert-OH is 1. The summed E-state index contributed by atoms with van der Waals surface area (Å²) >= 11 is 5.67. The van der Waals surface area contributed by atoms with Crippen molar-refractivity contribution in [1.82, 2.24) is 0 Å². The molecular formula is C8H7ClFN3O. The largest absolute Gasteiger partial charge is 0.388 e. The molecule has 0 heterocycles. The van der Waals surface area contributed by atoms with Gasteiger partial charge in [-0.05, 0) is 23.2 Å². The lowest BCUT2D eigenvalue weighted by atomic mass is 10.1. The highest BCUT2D eigenvalue weighted by atomic mass is 35.5. The molecule has 6 heteroatoms. The molecule has 0 aliphatic heterocycles. The van der Waals surface area contributed by atoms with E-state index in [2.05, 4.69) is 10.0 Å². The van der Waals surface area contributed by atoms with Gasteiger partial charge in [-0.1, -0.05) is 22.8 Å². The van der Waals surface area contributed by atoms with E-state index in [0.29, 0.717) is 5.56 Å². The van der Waals surface area contributed by atoms with Gasteiger partial charge in [0.1, 0.15) is 5.82 Å². The summed E-state index contributed by atoms with van der Waals surface area (Å²) in [6, 6.07) is 3.63. The molecule has 4 nitrogen and oxygen atoms in total. The fraction of sp³-hybridized carbons (Fsp3) is 0.250. The summed E-state index contributed by atoms with van der Waals surface area (Å²) in [6.45, 7) is -0.123. The Kier molecular flexibility index (Phi) is 3.71. The van der Waals surface area contributed by atoms with Crippen molar-refractivity contribution in [3.05, 3.63) is 45.0 Å². The molecule has 1 rings (SSSR count). The molecule has 0 unspecified atom stereocenters. The van der Waals surface area contributed by atoms with Crippen LogP contribution in [0.5, 0.6) is 0 Å². The molecule has 1 atom stereocenters. The highest BCUT2D eigenvalue weighted by Gasteiger charge is 2.10. The van der Waals surface area contributed by atoms with Crippen molar-refractivity contribution in [2.45, 2.75) is 6.10 Å². The number of hydrogen-bond acceptors (Lipinski definition) is 2. The molecule has 0 saturated heterocycles. The van der Waals surface area contributed by atoms with E-state index >= 15 is 0 Å². The highest BCUT2D eigenvalue weighted by molar-refractivity contribution is 6.31. The van der Waals surface area contributed by atoms with Gasteiger partial charge in [0.25, 0.3) is 0 Å². The number of rotatable bonds is 3. The Bertz CT molecular complexity index is 379. The van der Waals surface area contributed by atoms with Gasteiger partial charge in [0, 0.05) is 9.93 Å². The molecule has 0 bridgehead atoms. The molecule has 1 aromatic carbocycles. The summed E-state index contributed by atoms with van der Waals surface area (Å²) < 4.78 is 12.6. The zero-order valence-corrected chi connectivity index (χ0v) is 7.82. The number of aliphatic hydroxyl groups is 1. The van der Waals surface area contributed by atoms with E-state index < -0.39 is 11.9 Å². The minimum Gasteiger partial charge on any atom is -0.388 e. The average Bonchev–Trinajstić information content (AvgIpc) is 2.14. The van der Waals surface area contributed by atoms with Gasteiger partial charge < -0.3 is 5.11 Å². The maximum absolute atomic E-state index is 12.6. The quantitative estimate of drug-likeness (QED) is 0.470. The van der Waals surface area contributed by atoms with E-state index in [1.807, 2.05) is 0 Å². The summed E-state index contributed by atoms with van der Waals surface area (Å²) in [5.74, 6) is -0.477. The minimum atomic E-state index is -1.00. The third kappa shape index (κ3) is 2.60. The van der Waals surface area contributed by atoms with Crippen molar-refractivity contribution in [3.63, 3.8) is 0 Å². The maximum atomic E-state index is 12.6. The van der Waals surface area contributed by atoms with Gasteiger partial charge in [0.2, 0.25) is 0 Å². The van der Waals surface area contributed by atoms with E-state index in [4.69, 9.17) is 17.1 Å². The molecule has 0 fully saturated rings. The van der Waals surface area contributed by atoms with E-state index in [-0.39, 0.29) is 11.6 Å². The average molecular weight is 216 g/mol. The normalized spacial score (nSPS) is 11.9. The van der Waals surface area contributed by atoms with Gasteiger partial charge in [0.05, 0.1) is 12.6 Å². The molecule has 0 spiro atoms. The fourth-order valence-electron chi connectivity index (χ4n) is 0.984. The first kappa shape index (κ1) is 10.8. The minimum absolute atomic E-state index is 0.116. The third-order valence-corrected chi connectivity index (χ3v) is 1.97. The number of benzene rings is 1. The van der Waals surface area contributed by atoms with Crippen LogP contribution in [0.2, 0.25) is 5.02 Å². The summed E-state index contributed by atoms with van der Waals surface area (Å²) in [6.07, 6.45) is -1.00. The second-order valence-electron chi connectivity index (χ2n) is 2.60. The molecular weight excluding hydrogens is 209 g/mol. The van der Waals surface area contributed by atoms with Crippen molar-refractivity contribution < 1.29 is 9.50 Å². The Morgan fingerprint density at radius 3 is 2.93 bits per heavy atom. The van der Waals surface area contributed by atoms with Crippen LogP contribution < -0.4 is 0 Å². The Morgan fingerprint density at radius 2 is 2.36 bits per heavy atom. The van der Waals surface area contributed by atoms with Crippen molar-refractivity contribution in [2.75, 3.05) is 6.54 Å². The lowest BCUT2D eigenvalue weighted by Crippen LogP contribution is -2.01. The predicted octanol–water partition coefficient (Wildman–Crippen LogP) is 2.82. The van der Waals surface area contributed by atoms with Gasteiger partial charge in [-0.2, -0.15) is 0 Å². The van der Waals surface area contributed by atoms with Crippen molar-refractivity contribution in [2.24, 2.45) is 5.11 Å². The lowest BCUT2D eigenvalue weighted by Gasteiger charge is -2.09. The summed E-state index contributed by atoms with van der Waals surface area (Å²) in [4.78, 5) is 2.50. The SMILES string of the molecule is [N-]=[N+]=NC[C@@H](O)c1ccc(F)cc1Cl. The van der Waals surface area contributed by atoms with Crippen LogP contribution in [0, 0.1) is 5.82 Å². The molecule has 0 radical (unpaired) electrons. The fourth-order valence-corrected chi connectivity index (χ4v) is 1.28. The smallest absolute Gasteiger partial charge is 0.124 e. The molecule has 0 aliphatic carbocycles. The Labute approximate surface area is 84.6 Å². The van der Waals surface area contributed by atoms with Crippen LogP contribution in [0.3, 0.4) is 0 Å². The van der Waals surface area contributed by atoms with Crippen molar-refractivity contribution in [3.8, 4) is 0 Å². The molecule has 0 saturated carbocycles. The second kappa shape index (κ2) is 4.81. The summed E-state index contributed by atoms with van der Waals surface area (Å²) in [7, 11) is 0. The van der Waals surface area contributed by atoms with E-state index in [0.717, 1.165) is 6.07 Å². The van der Waals surface area contributed by atoms with Gasteiger partial charge in [0.15, 0.2) is 0 Å². The third-order valence-electron chi connectivity index (χ3n) is 1.64. The molecule has 1 aromatic rings. The second-order valence-corrected chi connectivity index (χ2v) is 3.00. The monoisotopic (exact) mass is 215 g/mol. The number of azide groups is 1. The van der Waals surface area contributed by atoms with Crippen LogP contribution >= 0.6 is 11.6 Å². The zero-order chi connectivity index (χ0) is 10.6. The molecule has 0 aliphatic rings. The number of nitrogens with zero attached hydrogens (tertiary/aromatic N) is 3. The van der Waals surface area contributed by atoms with E-state index in [1.165, 1.54) is 12.1 Å². The first-order valence-corrected chi connectivity index (χ1v) is 4.17. The Morgan fingerprint density at radius 1 is 1.64 bits per heavy atom. The zero-order valence-electron chi connectivity index (χ0n) is 7.06. The first-order valence-electron chi connectivity index (χ1n) is 3.79. The number of halogens is 2. The van der Waals surface area contributed by atoms with Crippen LogP contribution in [0.1, 0.15) is 11.7 Å². The van der Waals surface area contributed by atoms with E-state index in [9.17, 15) is 9.50 Å².